The Morgan fingerprint density at radius 2 is 1.87 bits per heavy atom. The van der Waals surface area contributed by atoms with Crippen molar-refractivity contribution in [2.45, 2.75) is 31.4 Å². The summed E-state index contributed by atoms with van der Waals surface area (Å²) in [5.74, 6) is 2.74. The molecule has 2 aliphatic rings. The SMILES string of the molecule is OC1(c2cccc(Cl)c2)CCN(CCc2nnc3n2CCOc2ccccc2-3)CC1. The summed E-state index contributed by atoms with van der Waals surface area (Å²) in [5, 5.41) is 20.7. The van der Waals surface area contributed by atoms with Gasteiger partial charge in [0, 0.05) is 31.1 Å². The second-order valence-electron chi connectivity index (χ2n) is 8.07. The first-order valence-electron chi connectivity index (χ1n) is 10.5. The van der Waals surface area contributed by atoms with Crippen molar-refractivity contribution < 1.29 is 9.84 Å². The number of hydrogen-bond donors (Lipinski definition) is 1. The maximum atomic E-state index is 11.1. The molecule has 30 heavy (non-hydrogen) atoms. The molecule has 7 heteroatoms. The molecule has 0 aliphatic carbocycles. The van der Waals surface area contributed by atoms with Gasteiger partial charge in [0.25, 0.3) is 0 Å². The molecule has 1 fully saturated rings. The average Bonchev–Trinajstić information content (AvgIpc) is 3.07. The van der Waals surface area contributed by atoms with Crippen LogP contribution in [-0.4, -0.2) is 51.0 Å². The predicted octanol–water partition coefficient (Wildman–Crippen LogP) is 3.52. The molecule has 3 heterocycles. The first-order chi connectivity index (χ1) is 14.6. The van der Waals surface area contributed by atoms with Gasteiger partial charge in [-0.3, -0.25) is 0 Å². The van der Waals surface area contributed by atoms with E-state index in [-0.39, 0.29) is 0 Å². The summed E-state index contributed by atoms with van der Waals surface area (Å²) in [4.78, 5) is 2.39. The number of rotatable bonds is 4. The monoisotopic (exact) mass is 424 g/mol. The third-order valence-electron chi connectivity index (χ3n) is 6.22. The van der Waals surface area contributed by atoms with Crippen LogP contribution in [0.2, 0.25) is 5.02 Å². The summed E-state index contributed by atoms with van der Waals surface area (Å²) >= 11 is 6.12. The van der Waals surface area contributed by atoms with Gasteiger partial charge >= 0.3 is 0 Å². The highest BCUT2D eigenvalue weighted by Crippen LogP contribution is 2.34. The van der Waals surface area contributed by atoms with E-state index in [4.69, 9.17) is 16.3 Å². The smallest absolute Gasteiger partial charge is 0.167 e. The highest BCUT2D eigenvalue weighted by molar-refractivity contribution is 6.30. The quantitative estimate of drug-likeness (QED) is 0.694. The van der Waals surface area contributed by atoms with Gasteiger partial charge in [0.1, 0.15) is 18.2 Å². The van der Waals surface area contributed by atoms with Gasteiger partial charge in [-0.2, -0.15) is 0 Å². The standard InChI is InChI=1S/C23H25ClN4O2/c24-18-5-3-4-17(16-18)23(29)9-12-27(13-10-23)11-8-21-25-26-22-19-6-1-2-7-20(19)30-15-14-28(21)22/h1-7,16,29H,8-15H2. The van der Waals surface area contributed by atoms with Gasteiger partial charge in [-0.15, -0.1) is 10.2 Å². The van der Waals surface area contributed by atoms with Gasteiger partial charge in [0.05, 0.1) is 17.7 Å². The molecule has 0 radical (unpaired) electrons. The normalized spacial score (nSPS) is 18.2. The molecule has 1 saturated heterocycles. The summed E-state index contributed by atoms with van der Waals surface area (Å²) in [6.45, 7) is 3.95. The van der Waals surface area contributed by atoms with E-state index in [0.717, 1.165) is 61.1 Å². The van der Waals surface area contributed by atoms with Crippen LogP contribution in [0.25, 0.3) is 11.4 Å². The maximum absolute atomic E-state index is 11.1. The van der Waals surface area contributed by atoms with Crippen LogP contribution in [0.5, 0.6) is 5.75 Å². The number of benzene rings is 2. The third-order valence-corrected chi connectivity index (χ3v) is 6.46. The Kier molecular flexibility index (Phi) is 5.23. The zero-order valence-corrected chi connectivity index (χ0v) is 17.6. The zero-order valence-electron chi connectivity index (χ0n) is 16.8. The van der Waals surface area contributed by atoms with E-state index < -0.39 is 5.60 Å². The number of likely N-dealkylation sites (tertiary alicyclic amines) is 1. The van der Waals surface area contributed by atoms with Crippen LogP contribution in [-0.2, 0) is 18.6 Å². The molecule has 0 atom stereocenters. The Morgan fingerprint density at radius 3 is 2.70 bits per heavy atom. The average molecular weight is 425 g/mol. The van der Waals surface area contributed by atoms with Gasteiger partial charge in [0.15, 0.2) is 5.82 Å². The van der Waals surface area contributed by atoms with Crippen molar-refractivity contribution >= 4 is 11.6 Å². The van der Waals surface area contributed by atoms with E-state index in [0.29, 0.717) is 24.5 Å². The van der Waals surface area contributed by atoms with Crippen molar-refractivity contribution in [3.05, 3.63) is 64.9 Å². The summed E-state index contributed by atoms with van der Waals surface area (Å²) in [7, 11) is 0. The number of nitrogens with zero attached hydrogens (tertiary/aromatic N) is 4. The van der Waals surface area contributed by atoms with E-state index in [1.54, 1.807) is 0 Å². The van der Waals surface area contributed by atoms with Crippen LogP contribution in [0, 0.1) is 0 Å². The van der Waals surface area contributed by atoms with E-state index >= 15 is 0 Å². The van der Waals surface area contributed by atoms with E-state index in [9.17, 15) is 5.11 Å². The lowest BCUT2D eigenvalue weighted by atomic mass is 9.84. The Balaban J connectivity index is 1.24. The molecular formula is C23H25ClN4O2. The molecule has 3 aromatic rings. The van der Waals surface area contributed by atoms with Gasteiger partial charge in [-0.1, -0.05) is 35.9 Å². The number of halogens is 1. The molecule has 6 nitrogen and oxygen atoms in total. The highest BCUT2D eigenvalue weighted by Gasteiger charge is 2.34. The summed E-state index contributed by atoms with van der Waals surface area (Å²) < 4.78 is 8.05. The molecule has 2 aromatic carbocycles. The molecule has 1 aromatic heterocycles. The second-order valence-corrected chi connectivity index (χ2v) is 8.51. The number of para-hydroxylation sites is 1. The molecule has 1 N–H and O–H groups in total. The minimum absolute atomic E-state index is 0.617. The summed E-state index contributed by atoms with van der Waals surface area (Å²) in [5.41, 5.74) is 1.11. The number of piperidine rings is 1. The Hall–Kier alpha value is -2.41. The van der Waals surface area contributed by atoms with Gasteiger partial charge < -0.3 is 19.3 Å². The Labute approximate surface area is 181 Å². The highest BCUT2D eigenvalue weighted by atomic mass is 35.5. The van der Waals surface area contributed by atoms with Crippen molar-refractivity contribution in [1.29, 1.82) is 0 Å². The maximum Gasteiger partial charge on any atom is 0.167 e. The fourth-order valence-electron chi connectivity index (χ4n) is 4.45. The van der Waals surface area contributed by atoms with Gasteiger partial charge in [0.2, 0.25) is 0 Å². The zero-order chi connectivity index (χ0) is 20.6. The third kappa shape index (κ3) is 3.71. The Morgan fingerprint density at radius 1 is 1.03 bits per heavy atom. The second kappa shape index (κ2) is 8.02. The lowest BCUT2D eigenvalue weighted by Gasteiger charge is -2.38. The molecule has 5 rings (SSSR count). The molecule has 0 unspecified atom stereocenters. The van der Waals surface area contributed by atoms with Crippen molar-refractivity contribution in [1.82, 2.24) is 19.7 Å². The number of aliphatic hydroxyl groups is 1. The Bertz CT molecular complexity index is 1040. The van der Waals surface area contributed by atoms with Crippen molar-refractivity contribution in [2.24, 2.45) is 0 Å². The van der Waals surface area contributed by atoms with E-state index in [1.807, 2.05) is 48.5 Å². The molecule has 0 spiro atoms. The molecule has 0 bridgehead atoms. The van der Waals surface area contributed by atoms with E-state index in [2.05, 4.69) is 19.7 Å². The molecule has 0 amide bonds. The van der Waals surface area contributed by atoms with Crippen molar-refractivity contribution in [2.75, 3.05) is 26.2 Å². The van der Waals surface area contributed by atoms with Crippen LogP contribution < -0.4 is 4.74 Å². The molecular weight excluding hydrogens is 400 g/mol. The summed E-state index contributed by atoms with van der Waals surface area (Å²) in [6, 6.07) is 15.6. The fraction of sp³-hybridized carbons (Fsp3) is 0.391. The van der Waals surface area contributed by atoms with Crippen molar-refractivity contribution in [3.8, 4) is 17.1 Å². The van der Waals surface area contributed by atoms with E-state index in [1.165, 1.54) is 0 Å². The number of hydrogen-bond acceptors (Lipinski definition) is 5. The van der Waals surface area contributed by atoms with Crippen LogP contribution in [0.4, 0.5) is 0 Å². The number of ether oxygens (including phenoxy) is 1. The first-order valence-corrected chi connectivity index (χ1v) is 10.9. The molecule has 156 valence electrons. The topological polar surface area (TPSA) is 63.4 Å². The minimum Gasteiger partial charge on any atom is -0.491 e. The van der Waals surface area contributed by atoms with Crippen LogP contribution in [0.3, 0.4) is 0 Å². The molecule has 2 aliphatic heterocycles. The number of aromatic nitrogens is 3. The predicted molar refractivity (Wildman–Crippen MR) is 116 cm³/mol. The summed E-state index contributed by atoms with van der Waals surface area (Å²) in [6.07, 6.45) is 2.23. The van der Waals surface area contributed by atoms with Crippen molar-refractivity contribution in [3.63, 3.8) is 0 Å². The van der Waals surface area contributed by atoms with Crippen LogP contribution in [0.15, 0.2) is 48.5 Å². The van der Waals surface area contributed by atoms with Crippen LogP contribution in [0.1, 0.15) is 24.2 Å². The lowest BCUT2D eigenvalue weighted by molar-refractivity contribution is -0.0256. The molecule has 0 saturated carbocycles. The first kappa shape index (κ1) is 19.5. The van der Waals surface area contributed by atoms with Gasteiger partial charge in [-0.25, -0.2) is 0 Å². The van der Waals surface area contributed by atoms with Gasteiger partial charge in [-0.05, 0) is 42.7 Å². The fourth-order valence-corrected chi connectivity index (χ4v) is 4.64. The number of fused-ring (bicyclic) bond motifs is 3. The minimum atomic E-state index is -0.797. The largest absolute Gasteiger partial charge is 0.491 e. The van der Waals surface area contributed by atoms with Crippen LogP contribution >= 0.6 is 11.6 Å². The lowest BCUT2D eigenvalue weighted by Crippen LogP contribution is -2.43.